The lowest BCUT2D eigenvalue weighted by atomic mass is 10.1. The lowest BCUT2D eigenvalue weighted by Crippen LogP contribution is -2.18. The third-order valence-electron chi connectivity index (χ3n) is 6.26. The second kappa shape index (κ2) is 10.0. The van der Waals surface area contributed by atoms with Crippen molar-refractivity contribution in [3.8, 4) is 17.0 Å². The molecule has 2 aromatic heterocycles. The molecular formula is C30H26N2O4S. The van der Waals surface area contributed by atoms with E-state index < -0.39 is 21.4 Å². The van der Waals surface area contributed by atoms with Gasteiger partial charge in [-0.05, 0) is 66.6 Å². The molecule has 186 valence electrons. The minimum atomic E-state index is -3.78. The van der Waals surface area contributed by atoms with E-state index in [1.54, 1.807) is 31.4 Å². The number of benzene rings is 3. The van der Waals surface area contributed by atoms with Gasteiger partial charge in [-0.25, -0.2) is 13.4 Å². The number of carbonyl (C=O) groups excluding carboxylic acids is 1. The van der Waals surface area contributed by atoms with E-state index in [9.17, 15) is 13.2 Å². The van der Waals surface area contributed by atoms with Crippen LogP contribution in [-0.2, 0) is 16.4 Å². The molecule has 0 amide bonds. The number of Topliss-reactive ketones (excluding diaryl/α,β-unsaturated/α-hetero) is 1. The molecule has 0 aliphatic heterocycles. The van der Waals surface area contributed by atoms with E-state index in [-0.39, 0.29) is 10.6 Å². The zero-order valence-electron chi connectivity index (χ0n) is 20.6. The molecule has 0 spiro atoms. The molecule has 2 heterocycles. The molecule has 7 heteroatoms. The molecule has 5 rings (SSSR count). The van der Waals surface area contributed by atoms with Gasteiger partial charge in [0, 0.05) is 16.6 Å². The Morgan fingerprint density at radius 1 is 0.892 bits per heavy atom. The smallest absolute Gasteiger partial charge is 0.196 e. The first-order valence-corrected chi connectivity index (χ1v) is 13.5. The number of aromatic nitrogens is 2. The van der Waals surface area contributed by atoms with E-state index >= 15 is 0 Å². The maximum absolute atomic E-state index is 13.0. The van der Waals surface area contributed by atoms with Gasteiger partial charge in [0.1, 0.15) is 17.2 Å². The average molecular weight is 511 g/mol. The summed E-state index contributed by atoms with van der Waals surface area (Å²) in [7, 11) is -2.14. The van der Waals surface area contributed by atoms with Crippen molar-refractivity contribution >= 4 is 26.5 Å². The molecule has 5 aromatic rings. The molecule has 37 heavy (non-hydrogen) atoms. The number of rotatable bonds is 8. The minimum Gasteiger partial charge on any atom is -0.497 e. The molecule has 0 unspecified atom stereocenters. The Balaban J connectivity index is 1.48. The number of methoxy groups -OCH3 is 1. The highest BCUT2D eigenvalue weighted by molar-refractivity contribution is 7.92. The number of ketones is 1. The van der Waals surface area contributed by atoms with Gasteiger partial charge in [0.05, 0.1) is 24.2 Å². The number of fused-ring (bicyclic) bond motifs is 1. The summed E-state index contributed by atoms with van der Waals surface area (Å²) in [5, 5.41) is 1.02. The number of pyridine rings is 1. The van der Waals surface area contributed by atoms with Gasteiger partial charge < -0.3 is 9.30 Å². The highest BCUT2D eigenvalue weighted by Gasteiger charge is 2.22. The summed E-state index contributed by atoms with van der Waals surface area (Å²) in [5.41, 5.74) is 4.66. The first-order valence-electron chi connectivity index (χ1n) is 11.9. The first-order chi connectivity index (χ1) is 17.8. The number of aryl methyl sites for hydroxylation is 1. The Bertz CT molecular complexity index is 1710. The van der Waals surface area contributed by atoms with Crippen molar-refractivity contribution in [2.24, 2.45) is 0 Å². The number of hydrogen-bond acceptors (Lipinski definition) is 5. The van der Waals surface area contributed by atoms with Crippen LogP contribution in [0.25, 0.3) is 22.2 Å². The average Bonchev–Trinajstić information content (AvgIpc) is 3.26. The number of nitrogens with zero attached hydrogens (tertiary/aromatic N) is 2. The number of hydrogen-bond donors (Lipinski definition) is 0. The predicted molar refractivity (Wildman–Crippen MR) is 145 cm³/mol. The molecule has 0 saturated heterocycles. The standard InChI is InChI=1S/C30H26N2O4S/c1-21-8-6-12-26(16-21)37(34,35)20-30(33)27-13-7-11-24(31-27)19-32-28-15-14-25(36-2)17-23(28)18-29(32)22-9-4-3-5-10-22/h3-18H,19-20H2,1-2H3. The van der Waals surface area contributed by atoms with E-state index in [2.05, 4.69) is 15.6 Å². The van der Waals surface area contributed by atoms with Gasteiger partial charge in [0.2, 0.25) is 0 Å². The van der Waals surface area contributed by atoms with Crippen molar-refractivity contribution in [1.82, 2.24) is 9.55 Å². The lowest BCUT2D eigenvalue weighted by molar-refractivity contribution is 0.101. The van der Waals surface area contributed by atoms with E-state index in [1.165, 1.54) is 6.07 Å². The molecule has 3 aromatic carbocycles. The monoisotopic (exact) mass is 510 g/mol. The molecule has 0 bridgehead atoms. The normalized spacial score (nSPS) is 11.5. The van der Waals surface area contributed by atoms with Crippen LogP contribution in [0.1, 0.15) is 21.7 Å². The Kier molecular flexibility index (Phi) is 6.63. The molecule has 0 fully saturated rings. The SMILES string of the molecule is COc1ccc2c(c1)cc(-c1ccccc1)n2Cc1cccc(C(=O)CS(=O)(=O)c2cccc(C)c2)n1. The summed E-state index contributed by atoms with van der Waals surface area (Å²) in [6.45, 7) is 2.22. The Hall–Kier alpha value is -4.23. The molecule has 0 radical (unpaired) electrons. The molecule has 0 N–H and O–H groups in total. The highest BCUT2D eigenvalue weighted by atomic mass is 32.2. The van der Waals surface area contributed by atoms with Crippen LogP contribution in [0.15, 0.2) is 102 Å². The van der Waals surface area contributed by atoms with Crippen molar-refractivity contribution in [3.63, 3.8) is 0 Å². The summed E-state index contributed by atoms with van der Waals surface area (Å²) in [4.78, 5) is 17.7. The second-order valence-corrected chi connectivity index (χ2v) is 10.9. The molecule has 0 saturated carbocycles. The minimum absolute atomic E-state index is 0.133. The zero-order valence-corrected chi connectivity index (χ0v) is 21.4. The Morgan fingerprint density at radius 2 is 1.68 bits per heavy atom. The number of sulfone groups is 1. The van der Waals surface area contributed by atoms with E-state index in [4.69, 9.17) is 4.74 Å². The van der Waals surface area contributed by atoms with Gasteiger partial charge >= 0.3 is 0 Å². The number of carbonyl (C=O) groups is 1. The zero-order chi connectivity index (χ0) is 26.0. The predicted octanol–water partition coefficient (Wildman–Crippen LogP) is 5.73. The van der Waals surface area contributed by atoms with Gasteiger partial charge in [-0.2, -0.15) is 0 Å². The van der Waals surface area contributed by atoms with Gasteiger partial charge in [-0.1, -0.05) is 48.5 Å². The van der Waals surface area contributed by atoms with Gasteiger partial charge in [0.25, 0.3) is 0 Å². The molecule has 6 nitrogen and oxygen atoms in total. The van der Waals surface area contributed by atoms with Crippen LogP contribution >= 0.6 is 0 Å². The third-order valence-corrected chi connectivity index (χ3v) is 7.87. The lowest BCUT2D eigenvalue weighted by Gasteiger charge is -2.12. The van der Waals surface area contributed by atoms with Crippen LogP contribution in [0.5, 0.6) is 5.75 Å². The molecule has 0 aliphatic rings. The topological polar surface area (TPSA) is 78.3 Å². The quantitative estimate of drug-likeness (QED) is 0.249. The second-order valence-electron chi connectivity index (χ2n) is 8.92. The van der Waals surface area contributed by atoms with Crippen molar-refractivity contribution in [2.45, 2.75) is 18.4 Å². The van der Waals surface area contributed by atoms with Crippen molar-refractivity contribution in [1.29, 1.82) is 0 Å². The summed E-state index contributed by atoms with van der Waals surface area (Å²) in [5.74, 6) is -0.396. The van der Waals surface area contributed by atoms with Gasteiger partial charge in [0.15, 0.2) is 15.6 Å². The van der Waals surface area contributed by atoms with Crippen LogP contribution in [0, 0.1) is 6.92 Å². The largest absolute Gasteiger partial charge is 0.497 e. The fourth-order valence-electron chi connectivity index (χ4n) is 4.42. The fourth-order valence-corrected chi connectivity index (χ4v) is 5.73. The number of ether oxygens (including phenoxy) is 1. The van der Waals surface area contributed by atoms with Crippen molar-refractivity contribution in [3.05, 3.63) is 114 Å². The van der Waals surface area contributed by atoms with Crippen LogP contribution in [0.2, 0.25) is 0 Å². The molecule has 0 aliphatic carbocycles. The van der Waals surface area contributed by atoms with Crippen LogP contribution in [0.3, 0.4) is 0 Å². The van der Waals surface area contributed by atoms with E-state index in [0.29, 0.717) is 12.2 Å². The molecule has 0 atom stereocenters. The maximum Gasteiger partial charge on any atom is 0.196 e. The highest BCUT2D eigenvalue weighted by Crippen LogP contribution is 2.31. The Labute approximate surface area is 216 Å². The van der Waals surface area contributed by atoms with Gasteiger partial charge in [-0.3, -0.25) is 4.79 Å². The summed E-state index contributed by atoms with van der Waals surface area (Å²) < 4.78 is 33.2. The fraction of sp³-hybridized carbons (Fsp3) is 0.133. The van der Waals surface area contributed by atoms with Crippen molar-refractivity contribution < 1.29 is 17.9 Å². The van der Waals surface area contributed by atoms with E-state index in [1.807, 2.05) is 67.6 Å². The first kappa shape index (κ1) is 24.5. The van der Waals surface area contributed by atoms with Gasteiger partial charge in [-0.15, -0.1) is 0 Å². The third kappa shape index (κ3) is 5.17. The molecular weight excluding hydrogens is 484 g/mol. The van der Waals surface area contributed by atoms with E-state index in [0.717, 1.165) is 33.5 Å². The summed E-state index contributed by atoms with van der Waals surface area (Å²) in [6, 6.07) is 29.8. The van der Waals surface area contributed by atoms with Crippen molar-refractivity contribution in [2.75, 3.05) is 12.9 Å². The van der Waals surface area contributed by atoms with Crippen LogP contribution in [0.4, 0.5) is 0 Å². The Morgan fingerprint density at radius 3 is 2.43 bits per heavy atom. The summed E-state index contributed by atoms with van der Waals surface area (Å²) in [6.07, 6.45) is 0. The maximum atomic E-state index is 13.0. The van der Waals surface area contributed by atoms with Crippen LogP contribution in [-0.4, -0.2) is 36.6 Å². The van der Waals surface area contributed by atoms with Crippen LogP contribution < -0.4 is 4.74 Å². The summed E-state index contributed by atoms with van der Waals surface area (Å²) >= 11 is 0.